The topological polar surface area (TPSA) is 49.7 Å². The van der Waals surface area contributed by atoms with Gasteiger partial charge in [-0.25, -0.2) is 0 Å². The van der Waals surface area contributed by atoms with Crippen molar-refractivity contribution in [2.45, 2.75) is 65.1 Å². The molecule has 1 rings (SSSR count). The van der Waals surface area contributed by atoms with Crippen LogP contribution in [0, 0.1) is 13.8 Å². The van der Waals surface area contributed by atoms with E-state index in [0.29, 0.717) is 12.8 Å². The summed E-state index contributed by atoms with van der Waals surface area (Å²) < 4.78 is 5.47. The van der Waals surface area contributed by atoms with Crippen LogP contribution in [-0.4, -0.2) is 29.5 Å². The number of rotatable bonds is 7. The van der Waals surface area contributed by atoms with Crippen molar-refractivity contribution in [1.29, 1.82) is 0 Å². The Balaban J connectivity index is 3.01. The average Bonchev–Trinajstić information content (AvgIpc) is 2.44. The Morgan fingerprint density at radius 3 is 2.38 bits per heavy atom. The minimum atomic E-state index is -0.732. The number of halogens is 1. The van der Waals surface area contributed by atoms with Gasteiger partial charge in [-0.1, -0.05) is 31.9 Å². The summed E-state index contributed by atoms with van der Waals surface area (Å²) in [6.45, 7) is 7.94. The van der Waals surface area contributed by atoms with Crippen LogP contribution in [-0.2, 0) is 0 Å². The molecule has 3 atom stereocenters. The molecule has 0 spiro atoms. The molecule has 0 aliphatic carbocycles. The number of hydrogen-bond donors (Lipinski definition) is 2. The summed E-state index contributed by atoms with van der Waals surface area (Å²) in [6.07, 6.45) is 0.538. The predicted molar refractivity (Wildman–Crippen MR) is 87.4 cm³/mol. The maximum Gasteiger partial charge on any atom is 0.122 e. The molecule has 2 N–H and O–H groups in total. The van der Waals surface area contributed by atoms with Gasteiger partial charge in [0.15, 0.2) is 0 Å². The van der Waals surface area contributed by atoms with Gasteiger partial charge in [-0.05, 0) is 49.8 Å². The second-order valence-corrected chi connectivity index (χ2v) is 6.19. The van der Waals surface area contributed by atoms with E-state index in [2.05, 4.69) is 0 Å². The molecule has 4 heteroatoms. The van der Waals surface area contributed by atoms with E-state index < -0.39 is 12.2 Å². The molecule has 1 aromatic carbocycles. The van der Waals surface area contributed by atoms with Gasteiger partial charge in [-0.15, -0.1) is 0 Å². The van der Waals surface area contributed by atoms with Gasteiger partial charge in [-0.3, -0.25) is 0 Å². The highest BCUT2D eigenvalue weighted by atomic mass is 35.5. The number of benzene rings is 1. The van der Waals surface area contributed by atoms with Crippen molar-refractivity contribution < 1.29 is 14.9 Å². The van der Waals surface area contributed by atoms with E-state index in [9.17, 15) is 10.2 Å². The molecule has 0 aliphatic heterocycles. The molecular weight excluding hydrogens is 288 g/mol. The SMILES string of the molecule is CCCC(O)C(O)CC(C)c1c(OC)cc(C)c(Cl)c1C. The van der Waals surface area contributed by atoms with Gasteiger partial charge < -0.3 is 14.9 Å². The maximum absolute atomic E-state index is 10.1. The molecule has 0 bridgehead atoms. The number of aliphatic hydroxyl groups excluding tert-OH is 2. The van der Waals surface area contributed by atoms with Crippen molar-refractivity contribution in [2.75, 3.05) is 7.11 Å². The predicted octanol–water partition coefficient (Wildman–Crippen LogP) is 3.98. The molecule has 0 saturated carbocycles. The Morgan fingerprint density at radius 1 is 1.24 bits per heavy atom. The van der Waals surface area contributed by atoms with Crippen molar-refractivity contribution in [2.24, 2.45) is 0 Å². The lowest BCUT2D eigenvalue weighted by molar-refractivity contribution is 0.00625. The fourth-order valence-corrected chi connectivity index (χ4v) is 3.00. The van der Waals surface area contributed by atoms with Gasteiger partial charge >= 0.3 is 0 Å². The first-order valence-corrected chi connectivity index (χ1v) is 7.90. The van der Waals surface area contributed by atoms with Crippen LogP contribution in [0.1, 0.15) is 55.7 Å². The first-order chi connectivity index (χ1) is 9.83. The molecule has 0 heterocycles. The van der Waals surface area contributed by atoms with E-state index in [0.717, 1.165) is 33.9 Å². The highest BCUT2D eigenvalue weighted by Gasteiger charge is 2.23. The van der Waals surface area contributed by atoms with Crippen LogP contribution >= 0.6 is 11.6 Å². The minimum Gasteiger partial charge on any atom is -0.496 e. The Labute approximate surface area is 132 Å². The molecule has 0 aromatic heterocycles. The van der Waals surface area contributed by atoms with Crippen molar-refractivity contribution in [3.63, 3.8) is 0 Å². The molecule has 3 unspecified atom stereocenters. The van der Waals surface area contributed by atoms with Crippen molar-refractivity contribution in [3.8, 4) is 5.75 Å². The fourth-order valence-electron chi connectivity index (χ4n) is 2.84. The highest BCUT2D eigenvalue weighted by molar-refractivity contribution is 6.32. The molecule has 120 valence electrons. The van der Waals surface area contributed by atoms with Crippen LogP contribution in [0.15, 0.2) is 6.07 Å². The summed E-state index contributed by atoms with van der Waals surface area (Å²) in [4.78, 5) is 0. The van der Waals surface area contributed by atoms with Crippen LogP contribution in [0.5, 0.6) is 5.75 Å². The third-order valence-corrected chi connectivity index (χ3v) is 4.61. The molecule has 21 heavy (non-hydrogen) atoms. The zero-order valence-corrected chi connectivity index (χ0v) is 14.4. The molecule has 0 aliphatic rings. The number of hydrogen-bond acceptors (Lipinski definition) is 3. The number of ether oxygens (including phenoxy) is 1. The molecule has 1 aromatic rings. The minimum absolute atomic E-state index is 0.0551. The largest absolute Gasteiger partial charge is 0.496 e. The third kappa shape index (κ3) is 4.35. The molecule has 3 nitrogen and oxygen atoms in total. The zero-order chi connectivity index (χ0) is 16.2. The summed E-state index contributed by atoms with van der Waals surface area (Å²) in [7, 11) is 1.64. The third-order valence-electron chi connectivity index (χ3n) is 4.03. The summed E-state index contributed by atoms with van der Waals surface area (Å²) in [5.41, 5.74) is 2.97. The number of aliphatic hydroxyl groups is 2. The first-order valence-electron chi connectivity index (χ1n) is 7.53. The standard InChI is InChI=1S/C17H27ClO3/c1-6-7-13(19)14(20)8-10(2)16-12(4)17(18)11(3)9-15(16)21-5/h9-10,13-14,19-20H,6-8H2,1-5H3. The summed E-state index contributed by atoms with van der Waals surface area (Å²) in [5.74, 6) is 0.846. The molecule has 0 saturated heterocycles. The first kappa shape index (κ1) is 18.3. The van der Waals surface area contributed by atoms with Gasteiger partial charge in [-0.2, -0.15) is 0 Å². The average molecular weight is 315 g/mol. The summed E-state index contributed by atoms with van der Waals surface area (Å²) in [5, 5.41) is 20.8. The normalized spacial score (nSPS) is 15.6. The van der Waals surface area contributed by atoms with Crippen LogP contribution in [0.25, 0.3) is 0 Å². The van der Waals surface area contributed by atoms with E-state index in [-0.39, 0.29) is 5.92 Å². The maximum atomic E-state index is 10.1. The Kier molecular flexibility index (Phi) is 6.98. The smallest absolute Gasteiger partial charge is 0.122 e. The van der Waals surface area contributed by atoms with Gasteiger partial charge in [0, 0.05) is 10.6 Å². The monoisotopic (exact) mass is 314 g/mol. The molecular formula is C17H27ClO3. The van der Waals surface area contributed by atoms with E-state index in [4.69, 9.17) is 16.3 Å². The van der Waals surface area contributed by atoms with Crippen molar-refractivity contribution in [3.05, 3.63) is 27.8 Å². The molecule has 0 fully saturated rings. The quantitative estimate of drug-likeness (QED) is 0.800. The van der Waals surface area contributed by atoms with Gasteiger partial charge in [0.2, 0.25) is 0 Å². The number of methoxy groups -OCH3 is 1. The Morgan fingerprint density at radius 2 is 1.86 bits per heavy atom. The van der Waals surface area contributed by atoms with E-state index in [1.54, 1.807) is 7.11 Å². The Bertz CT molecular complexity index is 474. The van der Waals surface area contributed by atoms with E-state index in [1.807, 2.05) is 33.8 Å². The lowest BCUT2D eigenvalue weighted by Gasteiger charge is -2.24. The van der Waals surface area contributed by atoms with E-state index >= 15 is 0 Å². The van der Waals surface area contributed by atoms with Crippen molar-refractivity contribution >= 4 is 11.6 Å². The van der Waals surface area contributed by atoms with Gasteiger partial charge in [0.25, 0.3) is 0 Å². The number of aryl methyl sites for hydroxylation is 1. The van der Waals surface area contributed by atoms with Gasteiger partial charge in [0.05, 0.1) is 19.3 Å². The summed E-state index contributed by atoms with van der Waals surface area (Å²) >= 11 is 6.34. The fraction of sp³-hybridized carbons (Fsp3) is 0.647. The lowest BCUT2D eigenvalue weighted by Crippen LogP contribution is -2.27. The second-order valence-electron chi connectivity index (χ2n) is 5.81. The van der Waals surface area contributed by atoms with E-state index in [1.165, 1.54) is 0 Å². The second kappa shape index (κ2) is 8.02. The van der Waals surface area contributed by atoms with Crippen LogP contribution in [0.4, 0.5) is 0 Å². The van der Waals surface area contributed by atoms with Crippen LogP contribution < -0.4 is 4.74 Å². The highest BCUT2D eigenvalue weighted by Crippen LogP contribution is 2.38. The molecule has 0 radical (unpaired) electrons. The molecule has 0 amide bonds. The van der Waals surface area contributed by atoms with Crippen LogP contribution in [0.3, 0.4) is 0 Å². The van der Waals surface area contributed by atoms with Gasteiger partial charge in [0.1, 0.15) is 5.75 Å². The van der Waals surface area contributed by atoms with Crippen LogP contribution in [0.2, 0.25) is 5.02 Å². The lowest BCUT2D eigenvalue weighted by atomic mass is 9.88. The van der Waals surface area contributed by atoms with Crippen molar-refractivity contribution in [1.82, 2.24) is 0 Å². The zero-order valence-electron chi connectivity index (χ0n) is 13.6. The summed E-state index contributed by atoms with van der Waals surface area (Å²) in [6, 6.07) is 1.93. The Hall–Kier alpha value is -0.770.